The predicted octanol–water partition coefficient (Wildman–Crippen LogP) is 2.58. The van der Waals surface area contributed by atoms with Crippen molar-refractivity contribution < 1.29 is 9.18 Å². The molecule has 1 spiro atoms. The van der Waals surface area contributed by atoms with Gasteiger partial charge in [-0.3, -0.25) is 4.79 Å². The zero-order chi connectivity index (χ0) is 14.2. The Morgan fingerprint density at radius 1 is 1.35 bits per heavy atom. The van der Waals surface area contributed by atoms with Crippen molar-refractivity contribution in [2.75, 3.05) is 19.6 Å². The summed E-state index contributed by atoms with van der Waals surface area (Å²) in [5.74, 6) is -0.220. The monoisotopic (exact) mass is 296 g/mol. The molecule has 1 N–H and O–H groups in total. The van der Waals surface area contributed by atoms with Gasteiger partial charge in [0.1, 0.15) is 5.82 Å². The van der Waals surface area contributed by atoms with Gasteiger partial charge in [-0.2, -0.15) is 0 Å². The van der Waals surface area contributed by atoms with Gasteiger partial charge >= 0.3 is 0 Å². The molecule has 0 saturated carbocycles. The van der Waals surface area contributed by atoms with Gasteiger partial charge in [0.2, 0.25) is 5.91 Å². The molecule has 2 aliphatic rings. The third kappa shape index (κ3) is 2.54. The van der Waals surface area contributed by atoms with Crippen LogP contribution in [-0.2, 0) is 11.3 Å². The van der Waals surface area contributed by atoms with E-state index in [0.717, 1.165) is 32.5 Å². The van der Waals surface area contributed by atoms with Gasteiger partial charge in [0.25, 0.3) is 0 Å². The van der Waals surface area contributed by atoms with Gasteiger partial charge in [0.05, 0.1) is 6.54 Å². The number of piperidine rings is 1. The lowest BCUT2D eigenvalue weighted by molar-refractivity contribution is -0.128. The summed E-state index contributed by atoms with van der Waals surface area (Å²) in [6.07, 6.45) is 2.61. The van der Waals surface area contributed by atoms with Crippen molar-refractivity contribution in [3.8, 4) is 0 Å². The van der Waals surface area contributed by atoms with E-state index in [1.54, 1.807) is 17.0 Å². The Bertz CT molecular complexity index is 508. The van der Waals surface area contributed by atoms with Crippen LogP contribution < -0.4 is 5.32 Å². The largest absolute Gasteiger partial charge is 0.338 e. The normalized spacial score (nSPS) is 21.7. The molecule has 1 aromatic rings. The first-order chi connectivity index (χ1) is 9.60. The third-order valence-electron chi connectivity index (χ3n) is 4.48. The molecule has 2 aliphatic heterocycles. The molecule has 2 saturated heterocycles. The molecule has 0 aromatic heterocycles. The standard InChI is InChI=1S/C15H18ClFN2O/c16-12-2-1-3-13(17)11(12)9-19-10-15(8-14(19)20)4-6-18-7-5-15/h1-3,18H,4-10H2. The Morgan fingerprint density at radius 2 is 2.10 bits per heavy atom. The lowest BCUT2D eigenvalue weighted by Crippen LogP contribution is -2.38. The molecular weight excluding hydrogens is 279 g/mol. The van der Waals surface area contributed by atoms with Crippen molar-refractivity contribution in [2.45, 2.75) is 25.8 Å². The zero-order valence-corrected chi connectivity index (χ0v) is 12.0. The Labute approximate surface area is 123 Å². The van der Waals surface area contributed by atoms with Crippen LogP contribution in [0, 0.1) is 11.2 Å². The molecule has 1 amide bonds. The fourth-order valence-corrected chi connectivity index (χ4v) is 3.51. The number of rotatable bonds is 2. The van der Waals surface area contributed by atoms with Crippen LogP contribution in [0.3, 0.4) is 0 Å². The molecular formula is C15H18ClFN2O. The molecule has 0 atom stereocenters. The first-order valence-corrected chi connectivity index (χ1v) is 7.39. The van der Waals surface area contributed by atoms with Crippen LogP contribution in [0.2, 0.25) is 5.02 Å². The maximum atomic E-state index is 13.8. The summed E-state index contributed by atoms with van der Waals surface area (Å²) >= 11 is 6.04. The van der Waals surface area contributed by atoms with Crippen LogP contribution in [0.4, 0.5) is 4.39 Å². The average molecular weight is 297 g/mol. The van der Waals surface area contributed by atoms with Gasteiger partial charge in [-0.15, -0.1) is 0 Å². The van der Waals surface area contributed by atoms with Crippen molar-refractivity contribution in [2.24, 2.45) is 5.41 Å². The summed E-state index contributed by atoms with van der Waals surface area (Å²) < 4.78 is 13.8. The number of amides is 1. The maximum absolute atomic E-state index is 13.8. The van der Waals surface area contributed by atoms with E-state index in [0.29, 0.717) is 17.0 Å². The highest BCUT2D eigenvalue weighted by Gasteiger charge is 2.43. The number of likely N-dealkylation sites (tertiary alicyclic amines) is 1. The topological polar surface area (TPSA) is 32.3 Å². The number of benzene rings is 1. The molecule has 3 rings (SSSR count). The summed E-state index contributed by atoms with van der Waals surface area (Å²) in [4.78, 5) is 14.0. The van der Waals surface area contributed by atoms with Gasteiger partial charge in [0.15, 0.2) is 0 Å². The quantitative estimate of drug-likeness (QED) is 0.910. The van der Waals surface area contributed by atoms with Crippen LogP contribution >= 0.6 is 11.6 Å². The van der Waals surface area contributed by atoms with Gasteiger partial charge in [-0.05, 0) is 43.5 Å². The van der Waals surface area contributed by atoms with Crippen LogP contribution in [0.5, 0.6) is 0 Å². The second kappa shape index (κ2) is 5.34. The lowest BCUT2D eigenvalue weighted by atomic mass is 9.78. The van der Waals surface area contributed by atoms with E-state index in [1.165, 1.54) is 6.07 Å². The highest BCUT2D eigenvalue weighted by Crippen LogP contribution is 2.40. The summed E-state index contributed by atoms with van der Waals surface area (Å²) in [5, 5.41) is 3.72. The number of carbonyl (C=O) groups excluding carboxylic acids is 1. The molecule has 108 valence electrons. The number of nitrogens with one attached hydrogen (secondary N) is 1. The number of hydrogen-bond donors (Lipinski definition) is 1. The zero-order valence-electron chi connectivity index (χ0n) is 11.3. The minimum absolute atomic E-state index is 0.0834. The van der Waals surface area contributed by atoms with Crippen LogP contribution in [-0.4, -0.2) is 30.4 Å². The van der Waals surface area contributed by atoms with Crippen LogP contribution in [0.1, 0.15) is 24.8 Å². The minimum Gasteiger partial charge on any atom is -0.338 e. The van der Waals surface area contributed by atoms with E-state index in [9.17, 15) is 9.18 Å². The number of carbonyl (C=O) groups is 1. The SMILES string of the molecule is O=C1CC2(CCNCC2)CN1Cc1c(F)cccc1Cl. The van der Waals surface area contributed by atoms with E-state index in [-0.39, 0.29) is 23.7 Å². The molecule has 3 nitrogen and oxygen atoms in total. The van der Waals surface area contributed by atoms with Crippen molar-refractivity contribution in [3.63, 3.8) is 0 Å². The van der Waals surface area contributed by atoms with Gasteiger partial charge in [-0.25, -0.2) is 4.39 Å². The smallest absolute Gasteiger partial charge is 0.223 e. The third-order valence-corrected chi connectivity index (χ3v) is 4.83. The maximum Gasteiger partial charge on any atom is 0.223 e. The first kappa shape index (κ1) is 13.8. The van der Waals surface area contributed by atoms with Gasteiger partial charge in [-0.1, -0.05) is 17.7 Å². The Balaban J connectivity index is 1.77. The summed E-state index contributed by atoms with van der Waals surface area (Å²) in [7, 11) is 0. The van der Waals surface area contributed by atoms with Crippen LogP contribution in [0.25, 0.3) is 0 Å². The molecule has 1 aromatic carbocycles. The highest BCUT2D eigenvalue weighted by atomic mass is 35.5. The first-order valence-electron chi connectivity index (χ1n) is 7.01. The fraction of sp³-hybridized carbons (Fsp3) is 0.533. The lowest BCUT2D eigenvalue weighted by Gasteiger charge is -2.33. The van der Waals surface area contributed by atoms with E-state index in [1.807, 2.05) is 0 Å². The molecule has 0 bridgehead atoms. The van der Waals surface area contributed by atoms with Gasteiger partial charge in [0, 0.05) is 23.6 Å². The Morgan fingerprint density at radius 3 is 2.80 bits per heavy atom. The van der Waals surface area contributed by atoms with Crippen LogP contribution in [0.15, 0.2) is 18.2 Å². The van der Waals surface area contributed by atoms with Gasteiger partial charge < -0.3 is 10.2 Å². The highest BCUT2D eigenvalue weighted by molar-refractivity contribution is 6.31. The predicted molar refractivity (Wildman–Crippen MR) is 76.0 cm³/mol. The molecule has 0 radical (unpaired) electrons. The van der Waals surface area contributed by atoms with E-state index in [2.05, 4.69) is 5.32 Å². The van der Waals surface area contributed by atoms with Crippen molar-refractivity contribution in [3.05, 3.63) is 34.6 Å². The summed E-state index contributed by atoms with van der Waals surface area (Å²) in [6, 6.07) is 4.64. The molecule has 0 aliphatic carbocycles. The molecule has 2 heterocycles. The Hall–Kier alpha value is -1.13. The molecule has 20 heavy (non-hydrogen) atoms. The molecule has 5 heteroatoms. The Kier molecular flexibility index (Phi) is 3.69. The molecule has 0 unspecified atom stereocenters. The number of hydrogen-bond acceptors (Lipinski definition) is 2. The van der Waals surface area contributed by atoms with Crippen molar-refractivity contribution in [1.29, 1.82) is 0 Å². The summed E-state index contributed by atoms with van der Waals surface area (Å²) in [5.41, 5.74) is 0.508. The summed E-state index contributed by atoms with van der Waals surface area (Å²) in [6.45, 7) is 2.92. The van der Waals surface area contributed by atoms with E-state index < -0.39 is 0 Å². The van der Waals surface area contributed by atoms with Crippen molar-refractivity contribution >= 4 is 17.5 Å². The fourth-order valence-electron chi connectivity index (χ4n) is 3.29. The van der Waals surface area contributed by atoms with E-state index >= 15 is 0 Å². The van der Waals surface area contributed by atoms with E-state index in [4.69, 9.17) is 11.6 Å². The average Bonchev–Trinajstić information content (AvgIpc) is 2.71. The second-order valence-corrected chi connectivity index (χ2v) is 6.28. The minimum atomic E-state index is -0.337. The number of nitrogens with zero attached hydrogens (tertiary/aromatic N) is 1. The van der Waals surface area contributed by atoms with Crippen molar-refractivity contribution in [1.82, 2.24) is 10.2 Å². The second-order valence-electron chi connectivity index (χ2n) is 5.88. The molecule has 2 fully saturated rings. The number of halogens is 2.